The van der Waals surface area contributed by atoms with E-state index in [1.54, 1.807) is 4.90 Å². The van der Waals surface area contributed by atoms with Gasteiger partial charge in [-0.1, -0.05) is 64.7 Å². The van der Waals surface area contributed by atoms with Crippen LogP contribution in [0.25, 0.3) is 0 Å². The van der Waals surface area contributed by atoms with E-state index in [4.69, 9.17) is 0 Å². The third kappa shape index (κ3) is 6.74. The average Bonchev–Trinajstić information content (AvgIpc) is 2.73. The highest BCUT2D eigenvalue weighted by Crippen LogP contribution is 2.12. The summed E-state index contributed by atoms with van der Waals surface area (Å²) in [5.74, 6) is -0.456. The van der Waals surface area contributed by atoms with Crippen LogP contribution in [0.3, 0.4) is 0 Å². The number of ketones is 1. The predicted octanol–water partition coefficient (Wildman–Crippen LogP) is 3.71. The Hall–Kier alpha value is -0.860. The zero-order valence-electron chi connectivity index (χ0n) is 12.5. The maximum atomic E-state index is 11.4. The highest BCUT2D eigenvalue weighted by Gasteiger charge is 2.28. The van der Waals surface area contributed by atoms with Crippen molar-refractivity contribution in [3.63, 3.8) is 0 Å². The fourth-order valence-corrected chi connectivity index (χ4v) is 2.62. The van der Waals surface area contributed by atoms with E-state index < -0.39 is 0 Å². The highest BCUT2D eigenvalue weighted by atomic mass is 16.2. The lowest BCUT2D eigenvalue weighted by Gasteiger charge is -2.13. The van der Waals surface area contributed by atoms with E-state index in [0.717, 1.165) is 13.0 Å². The lowest BCUT2D eigenvalue weighted by molar-refractivity contribution is -0.140. The molecule has 0 N–H and O–H groups in total. The molecule has 0 aromatic heterocycles. The number of carbonyl (C=O) groups is 2. The highest BCUT2D eigenvalue weighted by molar-refractivity contribution is 6.37. The smallest absolute Gasteiger partial charge is 0.290 e. The number of likely N-dealkylation sites (tertiary alicyclic amines) is 1. The Morgan fingerprint density at radius 3 is 1.84 bits per heavy atom. The van der Waals surface area contributed by atoms with Crippen LogP contribution in [-0.4, -0.2) is 29.7 Å². The van der Waals surface area contributed by atoms with E-state index in [9.17, 15) is 9.59 Å². The van der Waals surface area contributed by atoms with E-state index in [-0.39, 0.29) is 11.7 Å². The third-order valence-corrected chi connectivity index (χ3v) is 3.92. The Morgan fingerprint density at radius 1 is 0.842 bits per heavy atom. The molecule has 1 heterocycles. The Morgan fingerprint density at radius 2 is 1.37 bits per heavy atom. The average molecular weight is 267 g/mol. The molecular formula is C16H29NO2. The molecule has 0 bridgehead atoms. The van der Waals surface area contributed by atoms with Crippen molar-refractivity contribution in [2.24, 2.45) is 0 Å². The molecule has 1 amide bonds. The Bertz CT molecular complexity index is 276. The van der Waals surface area contributed by atoms with Gasteiger partial charge in [0.25, 0.3) is 5.91 Å². The number of Topliss-reactive ketones (excluding diaryl/α,β-unsaturated/α-hetero) is 1. The molecule has 3 heteroatoms. The summed E-state index contributed by atoms with van der Waals surface area (Å²) in [6, 6.07) is 0. The third-order valence-electron chi connectivity index (χ3n) is 3.92. The molecule has 0 radical (unpaired) electrons. The topological polar surface area (TPSA) is 37.4 Å². The quantitative estimate of drug-likeness (QED) is 0.423. The van der Waals surface area contributed by atoms with Crippen molar-refractivity contribution in [2.75, 3.05) is 13.1 Å². The second kappa shape index (κ2) is 9.99. The summed E-state index contributed by atoms with van der Waals surface area (Å²) in [5, 5.41) is 0. The summed E-state index contributed by atoms with van der Waals surface area (Å²) in [5.41, 5.74) is 0. The van der Waals surface area contributed by atoms with Crippen LogP contribution in [0.2, 0.25) is 0 Å². The van der Waals surface area contributed by atoms with Crippen LogP contribution in [0.15, 0.2) is 0 Å². The van der Waals surface area contributed by atoms with Gasteiger partial charge in [0.15, 0.2) is 0 Å². The first-order valence-corrected chi connectivity index (χ1v) is 8.07. The van der Waals surface area contributed by atoms with Gasteiger partial charge < -0.3 is 4.90 Å². The molecule has 0 spiro atoms. The summed E-state index contributed by atoms with van der Waals surface area (Å²) >= 11 is 0. The lowest BCUT2D eigenvalue weighted by atomic mass is 10.1. The van der Waals surface area contributed by atoms with E-state index in [2.05, 4.69) is 6.92 Å². The molecule has 0 aromatic rings. The molecule has 0 aromatic carbocycles. The first-order chi connectivity index (χ1) is 9.25. The summed E-state index contributed by atoms with van der Waals surface area (Å²) in [6.07, 6.45) is 13.4. The van der Waals surface area contributed by atoms with E-state index in [0.29, 0.717) is 13.0 Å². The van der Waals surface area contributed by atoms with Gasteiger partial charge in [-0.25, -0.2) is 0 Å². The molecular weight excluding hydrogens is 238 g/mol. The molecule has 1 aliphatic rings. The summed E-state index contributed by atoms with van der Waals surface area (Å²) in [6.45, 7) is 3.68. The van der Waals surface area contributed by atoms with E-state index >= 15 is 0 Å². The maximum absolute atomic E-state index is 11.4. The van der Waals surface area contributed by atoms with Crippen LogP contribution in [-0.2, 0) is 9.59 Å². The van der Waals surface area contributed by atoms with Gasteiger partial charge in [-0.2, -0.15) is 0 Å². The lowest BCUT2D eigenvalue weighted by Crippen LogP contribution is -2.28. The van der Waals surface area contributed by atoms with Gasteiger partial charge in [-0.3, -0.25) is 9.59 Å². The van der Waals surface area contributed by atoms with Gasteiger partial charge in [0.05, 0.1) is 0 Å². The van der Waals surface area contributed by atoms with Crippen molar-refractivity contribution in [3.05, 3.63) is 0 Å². The second-order valence-electron chi connectivity index (χ2n) is 5.65. The number of hydrogen-bond donors (Lipinski definition) is 0. The molecule has 1 aliphatic heterocycles. The summed E-state index contributed by atoms with van der Waals surface area (Å²) < 4.78 is 0. The van der Waals surface area contributed by atoms with Crippen LogP contribution in [0.5, 0.6) is 0 Å². The Kier molecular flexibility index (Phi) is 8.52. The number of amides is 1. The minimum Gasteiger partial charge on any atom is -0.336 e. The summed E-state index contributed by atoms with van der Waals surface area (Å²) in [4.78, 5) is 24.2. The number of carbonyl (C=O) groups excluding carboxylic acids is 2. The molecule has 0 saturated carbocycles. The van der Waals surface area contributed by atoms with E-state index in [1.807, 2.05) is 0 Å². The van der Waals surface area contributed by atoms with Crippen molar-refractivity contribution in [3.8, 4) is 0 Å². The number of nitrogens with zero attached hydrogens (tertiary/aromatic N) is 1. The molecule has 0 unspecified atom stereocenters. The van der Waals surface area contributed by atoms with Crippen LogP contribution in [0, 0.1) is 0 Å². The molecule has 3 nitrogen and oxygen atoms in total. The Labute approximate surface area is 117 Å². The van der Waals surface area contributed by atoms with Crippen LogP contribution in [0.4, 0.5) is 0 Å². The predicted molar refractivity (Wildman–Crippen MR) is 78.0 cm³/mol. The maximum Gasteiger partial charge on any atom is 0.290 e. The largest absolute Gasteiger partial charge is 0.336 e. The van der Waals surface area contributed by atoms with Crippen LogP contribution >= 0.6 is 0 Å². The van der Waals surface area contributed by atoms with Crippen molar-refractivity contribution in [2.45, 2.75) is 77.6 Å². The van der Waals surface area contributed by atoms with Gasteiger partial charge in [0.1, 0.15) is 0 Å². The molecule has 0 atom stereocenters. The minimum atomic E-state index is -0.254. The first-order valence-electron chi connectivity index (χ1n) is 8.07. The monoisotopic (exact) mass is 267 g/mol. The molecule has 110 valence electrons. The SMILES string of the molecule is CCCCCCCCCCCCN1CCC(=O)C1=O. The van der Waals surface area contributed by atoms with Crippen LogP contribution in [0.1, 0.15) is 77.6 Å². The van der Waals surface area contributed by atoms with Crippen molar-refractivity contribution in [1.29, 1.82) is 0 Å². The fraction of sp³-hybridized carbons (Fsp3) is 0.875. The van der Waals surface area contributed by atoms with Gasteiger partial charge in [-0.15, -0.1) is 0 Å². The van der Waals surface area contributed by atoms with Gasteiger partial charge in [0, 0.05) is 19.5 Å². The van der Waals surface area contributed by atoms with Crippen molar-refractivity contribution >= 4 is 11.7 Å². The first kappa shape index (κ1) is 16.2. The van der Waals surface area contributed by atoms with Crippen molar-refractivity contribution in [1.82, 2.24) is 4.90 Å². The molecule has 0 aliphatic carbocycles. The van der Waals surface area contributed by atoms with Gasteiger partial charge in [-0.05, 0) is 6.42 Å². The molecule has 19 heavy (non-hydrogen) atoms. The van der Waals surface area contributed by atoms with Crippen LogP contribution < -0.4 is 0 Å². The van der Waals surface area contributed by atoms with Gasteiger partial charge >= 0.3 is 0 Å². The standard InChI is InChI=1S/C16H29NO2/c1-2-3-4-5-6-7-8-9-10-11-13-17-14-12-15(18)16(17)19/h2-14H2,1H3. The normalized spacial score (nSPS) is 15.5. The fourth-order valence-electron chi connectivity index (χ4n) is 2.62. The summed E-state index contributed by atoms with van der Waals surface area (Å²) in [7, 11) is 0. The molecule has 1 saturated heterocycles. The zero-order chi connectivity index (χ0) is 13.9. The number of hydrogen-bond acceptors (Lipinski definition) is 2. The molecule has 1 fully saturated rings. The van der Waals surface area contributed by atoms with Crippen molar-refractivity contribution < 1.29 is 9.59 Å². The number of rotatable bonds is 11. The zero-order valence-corrected chi connectivity index (χ0v) is 12.5. The van der Waals surface area contributed by atoms with E-state index in [1.165, 1.54) is 57.8 Å². The van der Waals surface area contributed by atoms with Gasteiger partial charge in [0.2, 0.25) is 5.78 Å². The minimum absolute atomic E-state index is 0.202. The molecule has 1 rings (SSSR count). The Balaban J connectivity index is 1.84. The second-order valence-corrected chi connectivity index (χ2v) is 5.65. The number of unbranched alkanes of at least 4 members (excludes halogenated alkanes) is 9.